The molecule has 110 valence electrons. The van der Waals surface area contributed by atoms with Gasteiger partial charge in [-0.15, -0.1) is 0 Å². The number of nitrogens with one attached hydrogen (secondary N) is 1. The molecule has 2 atom stereocenters. The highest BCUT2D eigenvalue weighted by Crippen LogP contribution is 2.40. The lowest BCUT2D eigenvalue weighted by molar-refractivity contribution is -0.0835. The molecule has 19 heavy (non-hydrogen) atoms. The molecule has 0 aromatic heterocycles. The van der Waals surface area contributed by atoms with Gasteiger partial charge in [0.05, 0.1) is 16.6 Å². The number of rotatable bonds is 3. The number of hydrogen-bond donors (Lipinski definition) is 1. The quantitative estimate of drug-likeness (QED) is 0.857. The predicted octanol–water partition coefficient (Wildman–Crippen LogP) is 1.64. The Hall–Kier alpha value is -0.130. The molecular weight excluding hydrogens is 262 g/mol. The maximum Gasteiger partial charge on any atom is 0.154 e. The molecule has 4 nitrogen and oxygen atoms in total. The van der Waals surface area contributed by atoms with Crippen LogP contribution in [0.25, 0.3) is 0 Å². The van der Waals surface area contributed by atoms with Crippen molar-refractivity contribution < 1.29 is 13.2 Å². The third-order valence-corrected chi connectivity index (χ3v) is 7.38. The summed E-state index contributed by atoms with van der Waals surface area (Å²) in [6.45, 7) is 1.47. The van der Waals surface area contributed by atoms with Gasteiger partial charge >= 0.3 is 0 Å². The lowest BCUT2D eigenvalue weighted by Crippen LogP contribution is -2.47. The molecule has 1 saturated carbocycles. The third-order valence-electron chi connectivity index (χ3n) is 5.10. The number of sulfone groups is 1. The van der Waals surface area contributed by atoms with Crippen molar-refractivity contribution in [3.63, 3.8) is 0 Å². The Balaban J connectivity index is 1.53. The Bertz CT molecular complexity index is 414. The highest BCUT2D eigenvalue weighted by Gasteiger charge is 2.40. The van der Waals surface area contributed by atoms with E-state index in [4.69, 9.17) is 4.74 Å². The smallest absolute Gasteiger partial charge is 0.154 e. The van der Waals surface area contributed by atoms with Gasteiger partial charge in [0.25, 0.3) is 0 Å². The zero-order valence-electron chi connectivity index (χ0n) is 11.6. The first-order chi connectivity index (χ1) is 9.10. The van der Waals surface area contributed by atoms with Gasteiger partial charge in [-0.2, -0.15) is 0 Å². The Morgan fingerprint density at radius 3 is 2.63 bits per heavy atom. The fourth-order valence-corrected chi connectivity index (χ4v) is 5.73. The van der Waals surface area contributed by atoms with Crippen LogP contribution < -0.4 is 5.32 Å². The van der Waals surface area contributed by atoms with Gasteiger partial charge in [0, 0.05) is 19.2 Å². The molecule has 2 heterocycles. The van der Waals surface area contributed by atoms with Crippen molar-refractivity contribution in [3.8, 4) is 0 Å². The maximum absolute atomic E-state index is 11.8. The van der Waals surface area contributed by atoms with Crippen LogP contribution in [0.4, 0.5) is 0 Å². The van der Waals surface area contributed by atoms with Gasteiger partial charge in [0.2, 0.25) is 0 Å². The lowest BCUT2D eigenvalue weighted by Gasteiger charge is -2.39. The molecule has 0 bridgehead atoms. The van der Waals surface area contributed by atoms with Gasteiger partial charge in [0.1, 0.15) is 0 Å². The monoisotopic (exact) mass is 287 g/mol. The topological polar surface area (TPSA) is 55.4 Å². The van der Waals surface area contributed by atoms with Crippen molar-refractivity contribution >= 4 is 9.84 Å². The second kappa shape index (κ2) is 5.34. The van der Waals surface area contributed by atoms with Crippen LogP contribution in [-0.4, -0.2) is 44.2 Å². The number of ether oxygens (including phenoxy) is 1. The summed E-state index contributed by atoms with van der Waals surface area (Å²) in [5.74, 6) is 0.386. The van der Waals surface area contributed by atoms with Crippen molar-refractivity contribution in [1.29, 1.82) is 0 Å². The first kappa shape index (κ1) is 13.8. The molecule has 3 fully saturated rings. The molecule has 3 aliphatic rings. The summed E-state index contributed by atoms with van der Waals surface area (Å²) < 4.78 is 29.7. The van der Waals surface area contributed by atoms with Crippen LogP contribution in [-0.2, 0) is 14.6 Å². The predicted molar refractivity (Wildman–Crippen MR) is 75.0 cm³/mol. The van der Waals surface area contributed by atoms with Crippen LogP contribution in [0.1, 0.15) is 51.4 Å². The van der Waals surface area contributed by atoms with E-state index in [1.54, 1.807) is 0 Å². The fraction of sp³-hybridized carbons (Fsp3) is 1.00. The van der Waals surface area contributed by atoms with Crippen molar-refractivity contribution in [2.45, 2.75) is 68.3 Å². The van der Waals surface area contributed by atoms with Crippen LogP contribution in [0.3, 0.4) is 0 Å². The van der Waals surface area contributed by atoms with Gasteiger partial charge in [-0.3, -0.25) is 0 Å². The molecule has 1 spiro atoms. The van der Waals surface area contributed by atoms with E-state index in [2.05, 4.69) is 5.32 Å². The molecule has 3 rings (SSSR count). The summed E-state index contributed by atoms with van der Waals surface area (Å²) in [5.41, 5.74) is 0.116. The summed E-state index contributed by atoms with van der Waals surface area (Å²) in [4.78, 5) is 0. The average Bonchev–Trinajstić information content (AvgIpc) is 2.94. The van der Waals surface area contributed by atoms with Crippen LogP contribution in [0.15, 0.2) is 0 Å². The Morgan fingerprint density at radius 2 is 1.95 bits per heavy atom. The van der Waals surface area contributed by atoms with Gasteiger partial charge in [0.15, 0.2) is 9.84 Å². The summed E-state index contributed by atoms with van der Waals surface area (Å²) >= 11 is 0. The molecule has 1 N–H and O–H groups in total. The van der Waals surface area contributed by atoms with Crippen LogP contribution in [0.2, 0.25) is 0 Å². The van der Waals surface area contributed by atoms with E-state index in [9.17, 15) is 8.42 Å². The minimum absolute atomic E-state index is 0.116. The molecule has 0 aromatic rings. The zero-order chi connectivity index (χ0) is 13.3. The zero-order valence-corrected chi connectivity index (χ0v) is 12.4. The van der Waals surface area contributed by atoms with Crippen LogP contribution >= 0.6 is 0 Å². The number of hydrogen-bond acceptors (Lipinski definition) is 4. The van der Waals surface area contributed by atoms with Gasteiger partial charge in [-0.05, 0) is 38.5 Å². The minimum atomic E-state index is -2.81. The molecular formula is C14H25NO3S. The molecule has 2 unspecified atom stereocenters. The van der Waals surface area contributed by atoms with E-state index >= 15 is 0 Å². The SMILES string of the molecule is O=S1(=O)CCCC1CNC1CCOC2(CCCC2)C1. The normalized spacial score (nSPS) is 36.8. The first-order valence-corrected chi connectivity index (χ1v) is 9.40. The van der Waals surface area contributed by atoms with Crippen molar-refractivity contribution in [2.24, 2.45) is 0 Å². The lowest BCUT2D eigenvalue weighted by atomic mass is 9.89. The average molecular weight is 287 g/mol. The van der Waals surface area contributed by atoms with E-state index in [-0.39, 0.29) is 10.9 Å². The Morgan fingerprint density at radius 1 is 1.16 bits per heavy atom. The molecule has 0 aromatic carbocycles. The van der Waals surface area contributed by atoms with E-state index in [1.165, 1.54) is 25.7 Å². The molecule has 1 aliphatic carbocycles. The van der Waals surface area contributed by atoms with Crippen molar-refractivity contribution in [3.05, 3.63) is 0 Å². The molecule has 5 heteroatoms. The van der Waals surface area contributed by atoms with E-state index < -0.39 is 9.84 Å². The molecule has 2 aliphatic heterocycles. The van der Waals surface area contributed by atoms with Crippen molar-refractivity contribution in [2.75, 3.05) is 18.9 Å². The second-order valence-electron chi connectivity index (χ2n) is 6.47. The Kier molecular flexibility index (Phi) is 3.89. The highest BCUT2D eigenvalue weighted by molar-refractivity contribution is 7.92. The maximum atomic E-state index is 11.8. The minimum Gasteiger partial charge on any atom is -0.375 e. The molecule has 0 radical (unpaired) electrons. The van der Waals surface area contributed by atoms with Crippen LogP contribution in [0.5, 0.6) is 0 Å². The van der Waals surface area contributed by atoms with Gasteiger partial charge < -0.3 is 10.1 Å². The molecule has 2 saturated heterocycles. The van der Waals surface area contributed by atoms with E-state index in [0.717, 1.165) is 32.3 Å². The highest BCUT2D eigenvalue weighted by atomic mass is 32.2. The van der Waals surface area contributed by atoms with Crippen molar-refractivity contribution in [1.82, 2.24) is 5.32 Å². The summed E-state index contributed by atoms with van der Waals surface area (Å²) in [6, 6.07) is 0.447. The summed E-state index contributed by atoms with van der Waals surface area (Å²) in [6.07, 6.45) is 8.71. The van der Waals surface area contributed by atoms with Gasteiger partial charge in [-0.1, -0.05) is 12.8 Å². The van der Waals surface area contributed by atoms with E-state index in [0.29, 0.717) is 18.3 Å². The standard InChI is InChI=1S/C14H25NO3S/c16-19(17)9-3-4-13(19)11-15-12-5-8-18-14(10-12)6-1-2-7-14/h12-13,15H,1-11H2. The summed E-state index contributed by atoms with van der Waals surface area (Å²) in [7, 11) is -2.81. The Labute approximate surface area is 116 Å². The molecule has 0 amide bonds. The van der Waals surface area contributed by atoms with E-state index in [1.807, 2.05) is 0 Å². The van der Waals surface area contributed by atoms with Crippen LogP contribution in [0, 0.1) is 0 Å². The first-order valence-electron chi connectivity index (χ1n) is 7.69. The third kappa shape index (κ3) is 2.98. The fourth-order valence-electron chi connectivity index (χ4n) is 3.96. The second-order valence-corrected chi connectivity index (χ2v) is 8.87. The largest absolute Gasteiger partial charge is 0.375 e. The van der Waals surface area contributed by atoms with Gasteiger partial charge in [-0.25, -0.2) is 8.42 Å². The summed E-state index contributed by atoms with van der Waals surface area (Å²) in [5, 5.41) is 3.37.